The van der Waals surface area contributed by atoms with Crippen LogP contribution in [0.2, 0.25) is 0 Å². The summed E-state index contributed by atoms with van der Waals surface area (Å²) < 4.78 is 0. The number of hydrogen-bond acceptors (Lipinski definition) is 3. The van der Waals surface area contributed by atoms with Gasteiger partial charge in [-0.05, 0) is 37.0 Å². The molecule has 0 saturated carbocycles. The first-order chi connectivity index (χ1) is 9.24. The zero-order chi connectivity index (χ0) is 13.2. The third kappa shape index (κ3) is 2.56. The van der Waals surface area contributed by atoms with Gasteiger partial charge in [-0.15, -0.1) is 0 Å². The second-order valence-electron chi connectivity index (χ2n) is 5.45. The molecule has 2 N–H and O–H groups in total. The Morgan fingerprint density at radius 3 is 3.11 bits per heavy atom. The summed E-state index contributed by atoms with van der Waals surface area (Å²) in [6.07, 6.45) is 5.91. The number of piperidine rings is 2. The minimum Gasteiger partial charge on any atom is -0.334 e. The smallest absolute Gasteiger partial charge is 0.318 e. The average Bonchev–Trinajstić information content (AvgIpc) is 2.47. The van der Waals surface area contributed by atoms with Crippen molar-refractivity contribution in [2.75, 3.05) is 13.1 Å². The molecule has 2 atom stereocenters. The quantitative estimate of drug-likeness (QED) is 0.835. The molecule has 3 fully saturated rings. The molecule has 3 aliphatic rings. The Morgan fingerprint density at radius 2 is 2.47 bits per heavy atom. The molecule has 4 heterocycles. The number of pyridine rings is 1. The second kappa shape index (κ2) is 5.17. The summed E-state index contributed by atoms with van der Waals surface area (Å²) in [6, 6.07) is 2.86. The first kappa shape index (κ1) is 12.4. The Balaban J connectivity index is 1.59. The van der Waals surface area contributed by atoms with E-state index in [9.17, 15) is 4.79 Å². The van der Waals surface area contributed by atoms with E-state index in [1.807, 2.05) is 24.1 Å². The first-order valence-electron chi connectivity index (χ1n) is 6.91. The number of piperazine rings is 1. The number of nitrogens with zero attached hydrogens (tertiary/aromatic N) is 2. The predicted octanol–water partition coefficient (Wildman–Crippen LogP) is 1.04. The minimum absolute atomic E-state index is 0.0550. The third-order valence-electron chi connectivity index (χ3n) is 4.19. The van der Waals surface area contributed by atoms with Crippen molar-refractivity contribution >= 4 is 6.03 Å². The van der Waals surface area contributed by atoms with Crippen LogP contribution in [0.1, 0.15) is 24.0 Å². The van der Waals surface area contributed by atoms with Gasteiger partial charge >= 0.3 is 6.03 Å². The van der Waals surface area contributed by atoms with Crippen LogP contribution in [0.4, 0.5) is 4.79 Å². The fourth-order valence-corrected chi connectivity index (χ4v) is 2.91. The Labute approximate surface area is 113 Å². The number of amides is 2. The highest BCUT2D eigenvalue weighted by Crippen LogP contribution is 2.22. The van der Waals surface area contributed by atoms with Crippen molar-refractivity contribution in [3.8, 4) is 0 Å². The zero-order valence-corrected chi connectivity index (χ0v) is 11.2. The summed E-state index contributed by atoms with van der Waals surface area (Å²) in [4.78, 5) is 18.3. The molecule has 0 aromatic carbocycles. The van der Waals surface area contributed by atoms with Crippen LogP contribution in [0, 0.1) is 6.92 Å². The molecular weight excluding hydrogens is 240 g/mol. The molecule has 2 unspecified atom stereocenters. The lowest BCUT2D eigenvalue weighted by atomic mass is 9.93. The van der Waals surface area contributed by atoms with E-state index in [1.165, 1.54) is 6.42 Å². The fraction of sp³-hybridized carbons (Fsp3) is 0.571. The number of hydrogen-bond donors (Lipinski definition) is 2. The van der Waals surface area contributed by atoms with Crippen molar-refractivity contribution in [2.24, 2.45) is 0 Å². The summed E-state index contributed by atoms with van der Waals surface area (Å²) in [5.74, 6) is 0. The monoisotopic (exact) mass is 260 g/mol. The number of rotatable bonds is 2. The molecule has 2 bridgehead atoms. The molecule has 2 amide bonds. The van der Waals surface area contributed by atoms with Crippen molar-refractivity contribution < 1.29 is 4.79 Å². The standard InChI is InChI=1S/C14H20N4O/c1-10-4-5-15-6-11(10)7-17-14(19)18-9-12-2-3-13(18)8-16-12/h4-6,12-13,16H,2-3,7-9H2,1H3,(H,17,19). The predicted molar refractivity (Wildman–Crippen MR) is 72.7 cm³/mol. The number of aromatic nitrogens is 1. The van der Waals surface area contributed by atoms with E-state index in [0.717, 1.165) is 30.6 Å². The maximum Gasteiger partial charge on any atom is 0.318 e. The van der Waals surface area contributed by atoms with Crippen LogP contribution in [0.15, 0.2) is 18.5 Å². The van der Waals surface area contributed by atoms with Gasteiger partial charge in [0.15, 0.2) is 0 Å². The van der Waals surface area contributed by atoms with E-state index in [0.29, 0.717) is 18.6 Å². The Morgan fingerprint density at radius 1 is 1.58 bits per heavy atom. The molecule has 1 aromatic rings. The molecule has 0 spiro atoms. The molecule has 5 nitrogen and oxygen atoms in total. The van der Waals surface area contributed by atoms with Gasteiger partial charge in [0.05, 0.1) is 0 Å². The maximum atomic E-state index is 12.2. The van der Waals surface area contributed by atoms with Gasteiger partial charge in [-0.1, -0.05) is 0 Å². The summed E-state index contributed by atoms with van der Waals surface area (Å²) >= 11 is 0. The first-order valence-corrected chi connectivity index (χ1v) is 6.91. The van der Waals surface area contributed by atoms with Gasteiger partial charge in [0.2, 0.25) is 0 Å². The normalized spacial score (nSPS) is 25.4. The van der Waals surface area contributed by atoms with Gasteiger partial charge in [0.25, 0.3) is 0 Å². The number of carbonyl (C=O) groups excluding carboxylic acids is 1. The van der Waals surface area contributed by atoms with Crippen molar-refractivity contribution in [1.29, 1.82) is 0 Å². The van der Waals surface area contributed by atoms with Gasteiger partial charge in [0, 0.05) is 44.1 Å². The van der Waals surface area contributed by atoms with Gasteiger partial charge < -0.3 is 15.5 Å². The molecule has 0 aliphatic carbocycles. The number of aryl methyl sites for hydroxylation is 1. The number of urea groups is 1. The van der Waals surface area contributed by atoms with E-state index >= 15 is 0 Å². The van der Waals surface area contributed by atoms with Crippen molar-refractivity contribution in [3.05, 3.63) is 29.6 Å². The Hall–Kier alpha value is -1.62. The molecule has 0 radical (unpaired) electrons. The highest BCUT2D eigenvalue weighted by Gasteiger charge is 2.35. The summed E-state index contributed by atoms with van der Waals surface area (Å²) in [7, 11) is 0. The highest BCUT2D eigenvalue weighted by atomic mass is 16.2. The number of carbonyl (C=O) groups is 1. The Bertz CT molecular complexity index is 468. The van der Waals surface area contributed by atoms with Crippen LogP contribution in [0.5, 0.6) is 0 Å². The lowest BCUT2D eigenvalue weighted by Gasteiger charge is -2.45. The molecule has 4 rings (SSSR count). The van der Waals surface area contributed by atoms with Crippen LogP contribution < -0.4 is 10.6 Å². The fourth-order valence-electron chi connectivity index (χ4n) is 2.91. The van der Waals surface area contributed by atoms with E-state index in [2.05, 4.69) is 15.6 Å². The topological polar surface area (TPSA) is 57.3 Å². The summed E-state index contributed by atoms with van der Waals surface area (Å²) in [6.45, 7) is 4.36. The molecule has 3 saturated heterocycles. The Kier molecular flexibility index (Phi) is 3.38. The van der Waals surface area contributed by atoms with E-state index in [4.69, 9.17) is 0 Å². The third-order valence-corrected chi connectivity index (χ3v) is 4.19. The van der Waals surface area contributed by atoms with Gasteiger partial charge in [-0.3, -0.25) is 4.98 Å². The largest absolute Gasteiger partial charge is 0.334 e. The molecule has 5 heteroatoms. The molecule has 19 heavy (non-hydrogen) atoms. The lowest BCUT2D eigenvalue weighted by molar-refractivity contribution is 0.0976. The van der Waals surface area contributed by atoms with Crippen LogP contribution in [0.3, 0.4) is 0 Å². The van der Waals surface area contributed by atoms with Crippen molar-refractivity contribution in [2.45, 2.75) is 38.4 Å². The highest BCUT2D eigenvalue weighted by molar-refractivity contribution is 5.75. The summed E-state index contributed by atoms with van der Waals surface area (Å²) in [5, 5.41) is 6.47. The van der Waals surface area contributed by atoms with Crippen LogP contribution in [-0.2, 0) is 6.54 Å². The van der Waals surface area contributed by atoms with Crippen LogP contribution in [-0.4, -0.2) is 41.1 Å². The van der Waals surface area contributed by atoms with Gasteiger partial charge in [0.1, 0.15) is 0 Å². The van der Waals surface area contributed by atoms with Crippen LogP contribution in [0.25, 0.3) is 0 Å². The molecule has 3 aliphatic heterocycles. The second-order valence-corrected chi connectivity index (χ2v) is 5.45. The SMILES string of the molecule is Cc1ccncc1CNC(=O)N1CC2CCC1CN2. The molecule has 1 aromatic heterocycles. The summed E-state index contributed by atoms with van der Waals surface area (Å²) in [5.41, 5.74) is 2.24. The van der Waals surface area contributed by atoms with E-state index < -0.39 is 0 Å². The number of nitrogens with one attached hydrogen (secondary N) is 2. The average molecular weight is 260 g/mol. The lowest BCUT2D eigenvalue weighted by Crippen LogP contribution is -2.64. The zero-order valence-electron chi connectivity index (χ0n) is 11.2. The van der Waals surface area contributed by atoms with E-state index in [-0.39, 0.29) is 6.03 Å². The van der Waals surface area contributed by atoms with Crippen LogP contribution >= 0.6 is 0 Å². The molecule has 102 valence electrons. The van der Waals surface area contributed by atoms with E-state index in [1.54, 1.807) is 6.20 Å². The van der Waals surface area contributed by atoms with Gasteiger partial charge in [-0.2, -0.15) is 0 Å². The minimum atomic E-state index is 0.0550. The van der Waals surface area contributed by atoms with Crippen molar-refractivity contribution in [1.82, 2.24) is 20.5 Å². The van der Waals surface area contributed by atoms with Gasteiger partial charge in [-0.25, -0.2) is 4.79 Å². The maximum absolute atomic E-state index is 12.2. The molecular formula is C14H20N4O. The van der Waals surface area contributed by atoms with Crippen molar-refractivity contribution in [3.63, 3.8) is 0 Å². The number of fused-ring (bicyclic) bond motifs is 3.